The summed E-state index contributed by atoms with van der Waals surface area (Å²) < 4.78 is 0. The van der Waals surface area contributed by atoms with Crippen LogP contribution < -0.4 is 5.32 Å². The molecule has 0 atom stereocenters. The van der Waals surface area contributed by atoms with Gasteiger partial charge >= 0.3 is 0 Å². The zero-order chi connectivity index (χ0) is 13.1. The minimum atomic E-state index is -0.372. The second kappa shape index (κ2) is 5.37. The third-order valence-electron chi connectivity index (χ3n) is 2.10. The maximum Gasteiger partial charge on any atom is 0.286 e. The van der Waals surface area contributed by atoms with Gasteiger partial charge in [0.15, 0.2) is 5.17 Å². The summed E-state index contributed by atoms with van der Waals surface area (Å²) in [4.78, 5) is 26.6. The molecule has 4 nitrogen and oxygen atoms in total. The first-order valence-electron chi connectivity index (χ1n) is 5.11. The molecule has 1 aromatic carbocycles. The van der Waals surface area contributed by atoms with E-state index in [-0.39, 0.29) is 11.8 Å². The Morgan fingerprint density at radius 2 is 2.17 bits per heavy atom. The van der Waals surface area contributed by atoms with Gasteiger partial charge < -0.3 is 5.32 Å². The van der Waals surface area contributed by atoms with E-state index in [2.05, 4.69) is 10.3 Å². The number of nitrogens with one attached hydrogen (secondary N) is 1. The van der Waals surface area contributed by atoms with Crippen molar-refractivity contribution < 1.29 is 9.59 Å². The minimum Gasteiger partial charge on any atom is -0.305 e. The number of carbonyl (C=O) groups is 2. The molecule has 0 saturated carbocycles. The van der Waals surface area contributed by atoms with Crippen LogP contribution in [0.4, 0.5) is 0 Å². The van der Waals surface area contributed by atoms with E-state index < -0.39 is 0 Å². The maximum absolute atomic E-state index is 11.6. The summed E-state index contributed by atoms with van der Waals surface area (Å²) in [5.41, 5.74) is 0.745. The number of thioether (sulfide) groups is 1. The second-order valence-electron chi connectivity index (χ2n) is 3.54. The first kappa shape index (κ1) is 12.9. The van der Waals surface area contributed by atoms with Crippen molar-refractivity contribution in [1.29, 1.82) is 0 Å². The van der Waals surface area contributed by atoms with Gasteiger partial charge in [-0.3, -0.25) is 9.59 Å². The molecule has 0 aromatic heterocycles. The van der Waals surface area contributed by atoms with Gasteiger partial charge in [-0.15, -0.1) is 0 Å². The molecule has 6 heteroatoms. The van der Waals surface area contributed by atoms with Crippen molar-refractivity contribution in [2.24, 2.45) is 4.99 Å². The van der Waals surface area contributed by atoms with Gasteiger partial charge in [-0.25, -0.2) is 0 Å². The third-order valence-corrected chi connectivity index (χ3v) is 3.34. The van der Waals surface area contributed by atoms with Gasteiger partial charge in [0, 0.05) is 11.9 Å². The fraction of sp³-hybridized carbons (Fsp3) is 0.0833. The van der Waals surface area contributed by atoms with Crippen LogP contribution in [0, 0.1) is 0 Å². The van der Waals surface area contributed by atoms with E-state index in [0.29, 0.717) is 15.1 Å². The summed E-state index contributed by atoms with van der Waals surface area (Å²) >= 11 is 7.12. The first-order valence-corrected chi connectivity index (χ1v) is 6.30. The fourth-order valence-electron chi connectivity index (χ4n) is 1.35. The lowest BCUT2D eigenvalue weighted by atomic mass is 10.2. The highest BCUT2D eigenvalue weighted by Gasteiger charge is 2.22. The van der Waals surface area contributed by atoms with Crippen LogP contribution in [-0.2, 0) is 9.59 Å². The quantitative estimate of drug-likeness (QED) is 0.804. The zero-order valence-corrected chi connectivity index (χ0v) is 11.0. The van der Waals surface area contributed by atoms with E-state index in [0.717, 1.165) is 17.3 Å². The van der Waals surface area contributed by atoms with E-state index in [1.54, 1.807) is 18.2 Å². The normalized spacial score (nSPS) is 16.9. The van der Waals surface area contributed by atoms with E-state index in [9.17, 15) is 9.59 Å². The van der Waals surface area contributed by atoms with Gasteiger partial charge in [-0.2, -0.15) is 4.99 Å². The molecule has 0 radical (unpaired) electrons. The smallest absolute Gasteiger partial charge is 0.286 e. The third kappa shape index (κ3) is 3.00. The summed E-state index contributed by atoms with van der Waals surface area (Å²) in [7, 11) is 0. The van der Waals surface area contributed by atoms with Crippen molar-refractivity contribution in [3.05, 3.63) is 39.8 Å². The van der Waals surface area contributed by atoms with Crippen molar-refractivity contribution in [1.82, 2.24) is 5.32 Å². The van der Waals surface area contributed by atoms with Gasteiger partial charge in [-0.05, 0) is 29.5 Å². The molecular formula is C12H9ClN2O2S. The molecule has 18 heavy (non-hydrogen) atoms. The molecule has 0 aliphatic carbocycles. The largest absolute Gasteiger partial charge is 0.305 e. The fourth-order valence-corrected chi connectivity index (χ4v) is 2.39. The van der Waals surface area contributed by atoms with Gasteiger partial charge in [0.05, 0.1) is 4.91 Å². The van der Waals surface area contributed by atoms with Crippen molar-refractivity contribution in [2.75, 3.05) is 0 Å². The summed E-state index contributed by atoms with van der Waals surface area (Å²) in [6, 6.07) is 7.19. The Balaban J connectivity index is 2.20. The highest BCUT2D eigenvalue weighted by atomic mass is 35.5. The van der Waals surface area contributed by atoms with Gasteiger partial charge in [-0.1, -0.05) is 29.8 Å². The summed E-state index contributed by atoms with van der Waals surface area (Å²) in [5, 5.41) is 3.34. The molecule has 2 rings (SSSR count). The Bertz CT molecular complexity index is 581. The van der Waals surface area contributed by atoms with E-state index in [1.165, 1.54) is 6.92 Å². The number of amidine groups is 1. The van der Waals surface area contributed by atoms with Crippen LogP contribution in [0.25, 0.3) is 6.08 Å². The topological polar surface area (TPSA) is 58.5 Å². The highest BCUT2D eigenvalue weighted by Crippen LogP contribution is 2.29. The van der Waals surface area contributed by atoms with Crippen LogP contribution >= 0.6 is 23.4 Å². The molecule has 0 bridgehead atoms. The molecule has 1 aliphatic rings. The molecule has 0 fully saturated rings. The van der Waals surface area contributed by atoms with E-state index >= 15 is 0 Å². The van der Waals surface area contributed by atoms with Crippen LogP contribution in [-0.4, -0.2) is 17.0 Å². The average Bonchev–Trinajstić information content (AvgIpc) is 2.61. The summed E-state index contributed by atoms with van der Waals surface area (Å²) in [6.45, 7) is 1.36. The van der Waals surface area contributed by atoms with Crippen LogP contribution in [0.1, 0.15) is 12.5 Å². The van der Waals surface area contributed by atoms with Crippen molar-refractivity contribution in [3.63, 3.8) is 0 Å². The lowest BCUT2D eigenvalue weighted by Gasteiger charge is -1.99. The summed E-state index contributed by atoms with van der Waals surface area (Å²) in [6.07, 6.45) is 1.66. The molecule has 0 spiro atoms. The van der Waals surface area contributed by atoms with Crippen molar-refractivity contribution in [2.45, 2.75) is 6.92 Å². The van der Waals surface area contributed by atoms with Gasteiger partial charge in [0.2, 0.25) is 5.91 Å². The van der Waals surface area contributed by atoms with E-state index in [1.807, 2.05) is 12.1 Å². The van der Waals surface area contributed by atoms with Crippen LogP contribution in [0.3, 0.4) is 0 Å². The number of hydrogen-bond donors (Lipinski definition) is 1. The lowest BCUT2D eigenvalue weighted by molar-refractivity contribution is -0.117. The van der Waals surface area contributed by atoms with Crippen molar-refractivity contribution >= 4 is 46.4 Å². The van der Waals surface area contributed by atoms with Gasteiger partial charge in [0.1, 0.15) is 0 Å². The minimum absolute atomic E-state index is 0.256. The van der Waals surface area contributed by atoms with Crippen molar-refractivity contribution in [3.8, 4) is 0 Å². The summed E-state index contributed by atoms with van der Waals surface area (Å²) in [5.74, 6) is -0.628. The number of aliphatic imine (C=N–C) groups is 1. The Kier molecular flexibility index (Phi) is 3.84. The second-order valence-corrected chi connectivity index (χ2v) is 4.97. The molecular weight excluding hydrogens is 272 g/mol. The van der Waals surface area contributed by atoms with Crippen LogP contribution in [0.5, 0.6) is 0 Å². The number of rotatable bonds is 1. The van der Waals surface area contributed by atoms with Crippen LogP contribution in [0.15, 0.2) is 34.2 Å². The average molecular weight is 281 g/mol. The number of hydrogen-bond acceptors (Lipinski definition) is 3. The first-order chi connectivity index (χ1) is 8.56. The standard InChI is InChI=1S/C12H9ClN2O2S/c1-7(16)14-12-15-11(17)10(18-12)6-8-4-2-3-5-9(8)13/h2-6H,1H3,(H,14,15,16,17)/b10-6-. The number of benzene rings is 1. The van der Waals surface area contributed by atoms with E-state index in [4.69, 9.17) is 11.6 Å². The molecule has 0 saturated heterocycles. The van der Waals surface area contributed by atoms with Gasteiger partial charge in [0.25, 0.3) is 5.91 Å². The van der Waals surface area contributed by atoms with Crippen LogP contribution in [0.2, 0.25) is 5.02 Å². The Morgan fingerprint density at radius 1 is 1.44 bits per heavy atom. The predicted octanol–water partition coefficient (Wildman–Crippen LogP) is 2.45. The Hall–Kier alpha value is -1.59. The highest BCUT2D eigenvalue weighted by molar-refractivity contribution is 8.18. The lowest BCUT2D eigenvalue weighted by Crippen LogP contribution is -2.23. The number of halogens is 1. The number of carbonyl (C=O) groups excluding carboxylic acids is 2. The molecule has 2 amide bonds. The Labute approximate surface area is 113 Å². The molecule has 1 heterocycles. The molecule has 92 valence electrons. The molecule has 1 aromatic rings. The molecule has 1 aliphatic heterocycles. The predicted molar refractivity (Wildman–Crippen MR) is 73.3 cm³/mol. The SMILES string of the molecule is CC(=O)NC1=NC(=O)/C(=C/c2ccccc2Cl)S1. The monoisotopic (exact) mass is 280 g/mol. The maximum atomic E-state index is 11.6. The number of amides is 2. The zero-order valence-electron chi connectivity index (χ0n) is 9.44. The number of nitrogens with zero attached hydrogens (tertiary/aromatic N) is 1. The Morgan fingerprint density at radius 3 is 2.83 bits per heavy atom. The molecule has 0 unspecified atom stereocenters. The molecule has 1 N–H and O–H groups in total.